The van der Waals surface area contributed by atoms with Crippen molar-refractivity contribution in [2.75, 3.05) is 0 Å². The van der Waals surface area contributed by atoms with Crippen molar-refractivity contribution in [3.63, 3.8) is 0 Å². The number of carboxylic acids is 1. The number of carboxylic acid groups (broad SMARTS) is 1. The summed E-state index contributed by atoms with van der Waals surface area (Å²) in [4.78, 5) is 24.0. The van der Waals surface area contributed by atoms with Gasteiger partial charge in [-0.25, -0.2) is 0 Å². The Morgan fingerprint density at radius 3 is 2.57 bits per heavy atom. The van der Waals surface area contributed by atoms with Gasteiger partial charge < -0.3 is 19.6 Å². The molecule has 4 rings (SSSR count). The molecule has 0 unspecified atom stereocenters. The number of ether oxygens (including phenoxy) is 1. The fourth-order valence-electron chi connectivity index (χ4n) is 3.69. The summed E-state index contributed by atoms with van der Waals surface area (Å²) in [6.07, 6.45) is 1.67. The Bertz CT molecular complexity index is 995. The number of carbonyl (C=O) groups is 2. The van der Waals surface area contributed by atoms with Gasteiger partial charge in [0.25, 0.3) is 5.91 Å². The molecule has 1 aliphatic carbocycles. The van der Waals surface area contributed by atoms with Crippen LogP contribution >= 0.6 is 0 Å². The van der Waals surface area contributed by atoms with Gasteiger partial charge in [0.2, 0.25) is 0 Å². The maximum Gasteiger partial charge on any atom is 0.306 e. The van der Waals surface area contributed by atoms with Crippen LogP contribution in [0, 0.1) is 5.92 Å². The van der Waals surface area contributed by atoms with E-state index in [-0.39, 0.29) is 24.3 Å². The molecule has 1 amide bonds. The smallest absolute Gasteiger partial charge is 0.306 e. The van der Waals surface area contributed by atoms with Crippen molar-refractivity contribution in [3.05, 3.63) is 65.9 Å². The average molecular weight is 379 g/mol. The number of hydrogen-bond acceptors (Lipinski definition) is 4. The Morgan fingerprint density at radius 2 is 1.82 bits per heavy atom. The molecule has 144 valence electrons. The minimum Gasteiger partial charge on any atom is -0.489 e. The maximum absolute atomic E-state index is 12.9. The number of hydrogen-bond donors (Lipinski definition) is 2. The molecule has 1 saturated carbocycles. The van der Waals surface area contributed by atoms with Crippen LogP contribution in [-0.4, -0.2) is 23.0 Å². The summed E-state index contributed by atoms with van der Waals surface area (Å²) in [6, 6.07) is 16.7. The topological polar surface area (TPSA) is 88.8 Å². The molecule has 0 bridgehead atoms. The summed E-state index contributed by atoms with van der Waals surface area (Å²) in [6.45, 7) is 0.201. The van der Waals surface area contributed by atoms with Crippen LogP contribution in [0.5, 0.6) is 5.75 Å². The zero-order chi connectivity index (χ0) is 19.5. The van der Waals surface area contributed by atoms with Crippen molar-refractivity contribution in [1.29, 1.82) is 0 Å². The first-order valence-corrected chi connectivity index (χ1v) is 9.33. The van der Waals surface area contributed by atoms with E-state index in [0.717, 1.165) is 5.39 Å². The van der Waals surface area contributed by atoms with Crippen LogP contribution in [0.3, 0.4) is 0 Å². The largest absolute Gasteiger partial charge is 0.489 e. The van der Waals surface area contributed by atoms with Gasteiger partial charge in [-0.1, -0.05) is 36.4 Å². The molecule has 2 N–H and O–H groups in total. The highest BCUT2D eigenvalue weighted by Crippen LogP contribution is 2.29. The molecule has 2 atom stereocenters. The molecule has 1 fully saturated rings. The normalized spacial score (nSPS) is 18.9. The summed E-state index contributed by atoms with van der Waals surface area (Å²) >= 11 is 0. The van der Waals surface area contributed by atoms with Crippen LogP contribution in [0.4, 0.5) is 0 Å². The SMILES string of the molecule is O=C(N[C@H]1CC[C@@H](C(=O)O)C1)c1oc2ccccc2c1COc1ccccc1. The predicted octanol–water partition coefficient (Wildman–Crippen LogP) is 3.99. The Balaban J connectivity index is 1.55. The fourth-order valence-corrected chi connectivity index (χ4v) is 3.69. The molecule has 1 aromatic heterocycles. The minimum absolute atomic E-state index is 0.162. The number of carbonyl (C=O) groups excluding carboxylic acids is 1. The minimum atomic E-state index is -0.808. The molecular formula is C22H21NO5. The molecule has 6 heteroatoms. The van der Waals surface area contributed by atoms with Crippen LogP contribution in [0.15, 0.2) is 59.0 Å². The lowest BCUT2D eigenvalue weighted by Gasteiger charge is -2.12. The molecule has 1 aliphatic rings. The number of amides is 1. The lowest BCUT2D eigenvalue weighted by molar-refractivity contribution is -0.141. The summed E-state index contributed by atoms with van der Waals surface area (Å²) < 4.78 is 11.7. The molecule has 3 aromatic rings. The number of rotatable bonds is 6. The third-order valence-corrected chi connectivity index (χ3v) is 5.15. The van der Waals surface area contributed by atoms with E-state index in [2.05, 4.69) is 5.32 Å². The molecule has 2 aromatic carbocycles. The van der Waals surface area contributed by atoms with Gasteiger partial charge in [-0.3, -0.25) is 9.59 Å². The Hall–Kier alpha value is -3.28. The van der Waals surface area contributed by atoms with E-state index in [1.165, 1.54) is 0 Å². The molecule has 0 spiro atoms. The van der Waals surface area contributed by atoms with Crippen molar-refractivity contribution >= 4 is 22.8 Å². The number of fused-ring (bicyclic) bond motifs is 1. The summed E-state index contributed by atoms with van der Waals surface area (Å²) in [5.41, 5.74) is 1.30. The van der Waals surface area contributed by atoms with E-state index in [4.69, 9.17) is 14.3 Å². The van der Waals surface area contributed by atoms with Gasteiger partial charge in [0, 0.05) is 17.0 Å². The van der Waals surface area contributed by atoms with E-state index in [0.29, 0.717) is 36.2 Å². The second-order valence-electron chi connectivity index (χ2n) is 7.03. The van der Waals surface area contributed by atoms with Crippen LogP contribution in [-0.2, 0) is 11.4 Å². The van der Waals surface area contributed by atoms with E-state index >= 15 is 0 Å². The third kappa shape index (κ3) is 3.71. The average Bonchev–Trinajstić information content (AvgIpc) is 3.32. The summed E-state index contributed by atoms with van der Waals surface area (Å²) in [5.74, 6) is -0.617. The zero-order valence-electron chi connectivity index (χ0n) is 15.3. The van der Waals surface area contributed by atoms with E-state index in [1.807, 2.05) is 54.6 Å². The van der Waals surface area contributed by atoms with Crippen LogP contribution in [0.25, 0.3) is 11.0 Å². The monoisotopic (exact) mass is 379 g/mol. The lowest BCUT2D eigenvalue weighted by Crippen LogP contribution is -2.33. The third-order valence-electron chi connectivity index (χ3n) is 5.15. The predicted molar refractivity (Wildman–Crippen MR) is 103 cm³/mol. The number of nitrogens with one attached hydrogen (secondary N) is 1. The van der Waals surface area contributed by atoms with Gasteiger partial charge in [0.1, 0.15) is 17.9 Å². The number of para-hydroxylation sites is 2. The first kappa shape index (κ1) is 18.1. The van der Waals surface area contributed by atoms with Crippen molar-refractivity contribution in [3.8, 4) is 5.75 Å². The van der Waals surface area contributed by atoms with Gasteiger partial charge in [-0.05, 0) is 37.5 Å². The number of furan rings is 1. The van der Waals surface area contributed by atoms with Crippen molar-refractivity contribution in [2.45, 2.75) is 31.9 Å². The molecular weight excluding hydrogens is 358 g/mol. The fraction of sp³-hybridized carbons (Fsp3) is 0.273. The molecule has 1 heterocycles. The first-order valence-electron chi connectivity index (χ1n) is 9.33. The second-order valence-corrected chi connectivity index (χ2v) is 7.03. The molecule has 0 saturated heterocycles. The Labute approximate surface area is 162 Å². The number of benzene rings is 2. The highest BCUT2D eigenvalue weighted by molar-refractivity contribution is 5.99. The van der Waals surface area contributed by atoms with Crippen LogP contribution < -0.4 is 10.1 Å². The van der Waals surface area contributed by atoms with Crippen molar-refractivity contribution in [1.82, 2.24) is 5.32 Å². The van der Waals surface area contributed by atoms with Crippen LogP contribution in [0.2, 0.25) is 0 Å². The van der Waals surface area contributed by atoms with Gasteiger partial charge >= 0.3 is 5.97 Å². The molecule has 28 heavy (non-hydrogen) atoms. The van der Waals surface area contributed by atoms with Gasteiger partial charge in [0.05, 0.1) is 5.92 Å². The zero-order valence-corrected chi connectivity index (χ0v) is 15.3. The van der Waals surface area contributed by atoms with Gasteiger partial charge in [-0.15, -0.1) is 0 Å². The van der Waals surface area contributed by atoms with Crippen molar-refractivity contribution in [2.24, 2.45) is 5.92 Å². The maximum atomic E-state index is 12.9. The van der Waals surface area contributed by atoms with Gasteiger partial charge in [0.15, 0.2) is 5.76 Å². The molecule has 0 radical (unpaired) electrons. The first-order chi connectivity index (χ1) is 13.6. The van der Waals surface area contributed by atoms with E-state index in [9.17, 15) is 9.59 Å². The standard InChI is InChI=1S/C22H21NO5/c24-21(23-15-11-10-14(12-15)22(25)26)20-18(13-27-16-6-2-1-3-7-16)17-8-4-5-9-19(17)28-20/h1-9,14-15H,10-13H2,(H,23,24)(H,25,26)/t14-,15+/m1/s1. The molecule has 6 nitrogen and oxygen atoms in total. The summed E-state index contributed by atoms with van der Waals surface area (Å²) in [5, 5.41) is 12.9. The van der Waals surface area contributed by atoms with E-state index < -0.39 is 11.9 Å². The highest BCUT2D eigenvalue weighted by atomic mass is 16.5. The van der Waals surface area contributed by atoms with Crippen molar-refractivity contribution < 1.29 is 23.8 Å². The Kier molecular flexibility index (Phi) is 5.02. The van der Waals surface area contributed by atoms with E-state index in [1.54, 1.807) is 0 Å². The molecule has 0 aliphatic heterocycles. The van der Waals surface area contributed by atoms with Gasteiger partial charge in [-0.2, -0.15) is 0 Å². The van der Waals surface area contributed by atoms with Crippen LogP contribution in [0.1, 0.15) is 35.4 Å². The lowest BCUT2D eigenvalue weighted by atomic mass is 10.1. The highest BCUT2D eigenvalue weighted by Gasteiger charge is 2.32. The number of aliphatic carboxylic acids is 1. The Morgan fingerprint density at radius 1 is 1.07 bits per heavy atom. The second kappa shape index (κ2) is 7.76. The summed E-state index contributed by atoms with van der Waals surface area (Å²) in [7, 11) is 0. The quantitative estimate of drug-likeness (QED) is 0.676.